The van der Waals surface area contributed by atoms with Crippen LogP contribution in [0.25, 0.3) is 0 Å². The van der Waals surface area contributed by atoms with Gasteiger partial charge in [-0.25, -0.2) is 0 Å². The van der Waals surface area contributed by atoms with E-state index in [-0.39, 0.29) is 35.6 Å². The van der Waals surface area contributed by atoms with Crippen LogP contribution >= 0.6 is 0 Å². The van der Waals surface area contributed by atoms with E-state index >= 15 is 0 Å². The van der Waals surface area contributed by atoms with Crippen LogP contribution < -0.4 is 0 Å². The molecule has 3 aliphatic carbocycles. The molecular weight excluding hydrogens is 268 g/mol. The number of esters is 1. The van der Waals surface area contributed by atoms with E-state index in [0.29, 0.717) is 12.0 Å². The highest BCUT2D eigenvalue weighted by Crippen LogP contribution is 2.52. The summed E-state index contributed by atoms with van der Waals surface area (Å²) >= 11 is 0. The van der Waals surface area contributed by atoms with Crippen LogP contribution in [-0.2, 0) is 19.1 Å². The van der Waals surface area contributed by atoms with E-state index in [0.717, 1.165) is 44.9 Å². The molecule has 0 amide bonds. The number of carbonyl (C=O) groups excluding carboxylic acids is 2. The number of ketones is 1. The van der Waals surface area contributed by atoms with Crippen LogP contribution in [0.4, 0.5) is 0 Å². The fourth-order valence-electron chi connectivity index (χ4n) is 4.73. The quantitative estimate of drug-likeness (QED) is 0.748. The van der Waals surface area contributed by atoms with E-state index in [9.17, 15) is 9.59 Å². The Kier molecular flexibility index (Phi) is 4.34. The Hall–Kier alpha value is -0.900. The van der Waals surface area contributed by atoms with E-state index < -0.39 is 0 Å². The highest BCUT2D eigenvalue weighted by molar-refractivity contribution is 5.81. The van der Waals surface area contributed by atoms with Crippen molar-refractivity contribution in [3.63, 3.8) is 0 Å². The average molecular weight is 294 g/mol. The lowest BCUT2D eigenvalue weighted by Crippen LogP contribution is -2.35. The SMILES string of the molecule is COC1CCC(OC(=O)C2CC3CC(C(C)=O)C2C3)CC1. The number of fused-ring (bicyclic) bond motifs is 2. The molecule has 0 aromatic carbocycles. The highest BCUT2D eigenvalue weighted by Gasteiger charge is 2.51. The van der Waals surface area contributed by atoms with E-state index in [1.54, 1.807) is 14.0 Å². The lowest BCUT2D eigenvalue weighted by Gasteiger charge is -2.31. The van der Waals surface area contributed by atoms with Gasteiger partial charge in [0.25, 0.3) is 0 Å². The zero-order valence-electron chi connectivity index (χ0n) is 13.0. The van der Waals surface area contributed by atoms with Crippen molar-refractivity contribution in [1.29, 1.82) is 0 Å². The Morgan fingerprint density at radius 3 is 2.10 bits per heavy atom. The summed E-state index contributed by atoms with van der Waals surface area (Å²) in [4.78, 5) is 24.2. The molecule has 4 nitrogen and oxygen atoms in total. The van der Waals surface area contributed by atoms with Crippen molar-refractivity contribution in [2.75, 3.05) is 7.11 Å². The maximum atomic E-state index is 12.5. The second-order valence-corrected chi connectivity index (χ2v) is 7.13. The van der Waals surface area contributed by atoms with Gasteiger partial charge in [0.1, 0.15) is 11.9 Å². The molecule has 0 aromatic rings. The molecular formula is C17H26O4. The molecule has 0 radical (unpaired) electrons. The third-order valence-corrected chi connectivity index (χ3v) is 5.88. The molecule has 4 unspecified atom stereocenters. The van der Waals surface area contributed by atoms with Crippen molar-refractivity contribution in [2.24, 2.45) is 23.7 Å². The van der Waals surface area contributed by atoms with Crippen LogP contribution in [-0.4, -0.2) is 31.1 Å². The van der Waals surface area contributed by atoms with Crippen molar-refractivity contribution in [3.05, 3.63) is 0 Å². The molecule has 4 heteroatoms. The molecule has 4 atom stereocenters. The number of Topliss-reactive ketones (excluding diaryl/α,β-unsaturated/α-hetero) is 1. The zero-order chi connectivity index (χ0) is 15.0. The fourth-order valence-corrected chi connectivity index (χ4v) is 4.73. The summed E-state index contributed by atoms with van der Waals surface area (Å²) in [5.41, 5.74) is 0. The van der Waals surface area contributed by atoms with Gasteiger partial charge in [-0.1, -0.05) is 0 Å². The van der Waals surface area contributed by atoms with Crippen molar-refractivity contribution >= 4 is 11.8 Å². The second-order valence-electron chi connectivity index (χ2n) is 7.13. The lowest BCUT2D eigenvalue weighted by atomic mass is 9.79. The number of hydrogen-bond acceptors (Lipinski definition) is 4. The van der Waals surface area contributed by atoms with Gasteiger partial charge in [0, 0.05) is 13.0 Å². The van der Waals surface area contributed by atoms with Gasteiger partial charge in [0.15, 0.2) is 0 Å². The molecule has 3 rings (SSSR count). The van der Waals surface area contributed by atoms with Gasteiger partial charge in [-0.05, 0) is 63.7 Å². The number of rotatable bonds is 4. The third-order valence-electron chi connectivity index (χ3n) is 5.88. The summed E-state index contributed by atoms with van der Waals surface area (Å²) in [7, 11) is 1.74. The van der Waals surface area contributed by atoms with E-state index in [1.165, 1.54) is 0 Å². The topological polar surface area (TPSA) is 52.6 Å². The second kappa shape index (κ2) is 6.07. The standard InChI is InChI=1S/C17H26O4/c1-10(18)14-7-11-8-15(14)16(9-11)17(19)21-13-5-3-12(20-2)4-6-13/h11-16H,3-9H2,1-2H3. The summed E-state index contributed by atoms with van der Waals surface area (Å²) in [6.07, 6.45) is 7.10. The minimum absolute atomic E-state index is 0.0298. The summed E-state index contributed by atoms with van der Waals surface area (Å²) in [6.45, 7) is 1.67. The molecule has 3 aliphatic rings. The maximum Gasteiger partial charge on any atom is 0.309 e. The van der Waals surface area contributed by atoms with Gasteiger partial charge in [0.05, 0.1) is 12.0 Å². The minimum atomic E-state index is -0.0469. The Morgan fingerprint density at radius 1 is 0.905 bits per heavy atom. The first kappa shape index (κ1) is 15.0. The zero-order valence-corrected chi connectivity index (χ0v) is 13.0. The molecule has 0 saturated heterocycles. The molecule has 0 spiro atoms. The smallest absolute Gasteiger partial charge is 0.309 e. The van der Waals surface area contributed by atoms with Gasteiger partial charge < -0.3 is 9.47 Å². The molecule has 0 aliphatic heterocycles. The van der Waals surface area contributed by atoms with Crippen LogP contribution in [0.15, 0.2) is 0 Å². The summed E-state index contributed by atoms with van der Waals surface area (Å²) < 4.78 is 11.1. The maximum absolute atomic E-state index is 12.5. The van der Waals surface area contributed by atoms with Crippen LogP contribution in [0.2, 0.25) is 0 Å². The van der Waals surface area contributed by atoms with Gasteiger partial charge in [-0.15, -0.1) is 0 Å². The Morgan fingerprint density at radius 2 is 1.52 bits per heavy atom. The summed E-state index contributed by atoms with van der Waals surface area (Å²) in [5.74, 6) is 1.08. The molecule has 3 saturated carbocycles. The molecule has 21 heavy (non-hydrogen) atoms. The largest absolute Gasteiger partial charge is 0.462 e. The summed E-state index contributed by atoms with van der Waals surface area (Å²) in [6, 6.07) is 0. The number of ether oxygens (including phenoxy) is 2. The highest BCUT2D eigenvalue weighted by atomic mass is 16.5. The van der Waals surface area contributed by atoms with Crippen molar-refractivity contribution in [2.45, 2.75) is 64.1 Å². The van der Waals surface area contributed by atoms with Gasteiger partial charge in [-0.2, -0.15) is 0 Å². The monoisotopic (exact) mass is 294 g/mol. The van der Waals surface area contributed by atoms with Crippen molar-refractivity contribution in [3.8, 4) is 0 Å². The molecule has 118 valence electrons. The first-order valence-electron chi connectivity index (χ1n) is 8.32. The van der Waals surface area contributed by atoms with Gasteiger partial charge >= 0.3 is 5.97 Å². The Bertz CT molecular complexity index is 411. The number of carbonyl (C=O) groups is 2. The number of hydrogen-bond donors (Lipinski definition) is 0. The first-order chi connectivity index (χ1) is 10.1. The molecule has 3 fully saturated rings. The van der Waals surface area contributed by atoms with Crippen LogP contribution in [0.1, 0.15) is 51.9 Å². The predicted molar refractivity (Wildman–Crippen MR) is 77.6 cm³/mol. The van der Waals surface area contributed by atoms with E-state index in [1.807, 2.05) is 0 Å². The first-order valence-corrected chi connectivity index (χ1v) is 8.32. The molecule has 0 aromatic heterocycles. The Labute approximate surface area is 126 Å². The summed E-state index contributed by atoms with van der Waals surface area (Å²) in [5, 5.41) is 0. The predicted octanol–water partition coefficient (Wildman–Crippen LogP) is 2.74. The van der Waals surface area contributed by atoms with Gasteiger partial charge in [0.2, 0.25) is 0 Å². The normalized spacial score (nSPS) is 42.0. The van der Waals surface area contributed by atoms with E-state index in [2.05, 4.69) is 0 Å². The number of methoxy groups -OCH3 is 1. The lowest BCUT2D eigenvalue weighted by molar-refractivity contribution is -0.159. The Balaban J connectivity index is 1.53. The van der Waals surface area contributed by atoms with Crippen molar-refractivity contribution < 1.29 is 19.1 Å². The molecule has 0 N–H and O–H groups in total. The van der Waals surface area contributed by atoms with Gasteiger partial charge in [-0.3, -0.25) is 9.59 Å². The van der Waals surface area contributed by atoms with E-state index in [4.69, 9.17) is 9.47 Å². The van der Waals surface area contributed by atoms with Crippen LogP contribution in [0, 0.1) is 23.7 Å². The minimum Gasteiger partial charge on any atom is -0.462 e. The average Bonchev–Trinajstić information content (AvgIpc) is 3.08. The van der Waals surface area contributed by atoms with Crippen LogP contribution in [0.5, 0.6) is 0 Å². The van der Waals surface area contributed by atoms with Crippen LogP contribution in [0.3, 0.4) is 0 Å². The van der Waals surface area contributed by atoms with Crippen molar-refractivity contribution in [1.82, 2.24) is 0 Å². The third kappa shape index (κ3) is 3.01. The molecule has 2 bridgehead atoms. The fraction of sp³-hybridized carbons (Fsp3) is 0.882. The molecule has 0 heterocycles.